The van der Waals surface area contributed by atoms with Crippen LogP contribution in [0.3, 0.4) is 0 Å². The first kappa shape index (κ1) is 11.1. The van der Waals surface area contributed by atoms with E-state index >= 15 is 0 Å². The number of anilines is 1. The number of halogens is 2. The third-order valence-electron chi connectivity index (χ3n) is 1.44. The molecule has 0 spiro atoms. The quantitative estimate of drug-likeness (QED) is 0.735. The van der Waals surface area contributed by atoms with Crippen LogP contribution in [-0.2, 0) is 0 Å². The molecule has 0 amide bonds. The first-order chi connectivity index (χ1) is 5.25. The maximum atomic E-state index is 12.0. The summed E-state index contributed by atoms with van der Waals surface area (Å²) in [6, 6.07) is 2.71. The van der Waals surface area contributed by atoms with E-state index in [1.165, 1.54) is 0 Å². The molecule has 0 radical (unpaired) electrons. The van der Waals surface area contributed by atoms with E-state index in [0.29, 0.717) is 11.4 Å². The van der Waals surface area contributed by atoms with E-state index in [1.807, 2.05) is 0 Å². The molecule has 12 heavy (non-hydrogen) atoms. The van der Waals surface area contributed by atoms with Crippen molar-refractivity contribution in [3.63, 3.8) is 0 Å². The van der Waals surface area contributed by atoms with E-state index in [-0.39, 0.29) is 12.4 Å². The number of nitrogens with zero attached hydrogens (tertiary/aromatic N) is 1. The van der Waals surface area contributed by atoms with E-state index in [0.717, 1.165) is 0 Å². The predicted molar refractivity (Wildman–Crippen MR) is 48.8 cm³/mol. The van der Waals surface area contributed by atoms with Crippen molar-refractivity contribution in [2.75, 3.05) is 12.4 Å². The van der Waals surface area contributed by atoms with Crippen molar-refractivity contribution in [2.45, 2.75) is 6.04 Å². The Hall–Kier alpha value is -0.870. The lowest BCUT2D eigenvalue weighted by Gasteiger charge is -2.08. The molecule has 0 saturated heterocycles. The molecule has 0 saturated carbocycles. The third kappa shape index (κ3) is 2.32. The Bertz CT molecular complexity index is 244. The Morgan fingerprint density at radius 2 is 2.25 bits per heavy atom. The number of alkyl halides is 1. The van der Waals surface area contributed by atoms with Crippen molar-refractivity contribution >= 4 is 18.2 Å². The van der Waals surface area contributed by atoms with Crippen LogP contribution in [0.2, 0.25) is 0 Å². The standard InChI is InChI=1S/C7H10FN3.ClH/c8-4-6(9)5-2-1-3-11-7(5)10;/h1-3,6H,4,9H2,(H2,10,11);1H/t6-;/m1./s1. The molecule has 1 aromatic heterocycles. The van der Waals surface area contributed by atoms with Crippen LogP contribution >= 0.6 is 12.4 Å². The molecule has 0 aliphatic rings. The molecule has 1 aromatic rings. The summed E-state index contributed by atoms with van der Waals surface area (Å²) in [6.07, 6.45) is 1.55. The SMILES string of the molecule is Cl.Nc1ncccc1[C@H](N)CF. The van der Waals surface area contributed by atoms with Gasteiger partial charge >= 0.3 is 0 Å². The summed E-state index contributed by atoms with van der Waals surface area (Å²) in [5.41, 5.74) is 11.4. The first-order valence-corrected chi connectivity index (χ1v) is 3.27. The molecule has 0 fully saturated rings. The molecular formula is C7H11ClFN3. The number of hydrogen-bond acceptors (Lipinski definition) is 3. The molecule has 4 N–H and O–H groups in total. The third-order valence-corrected chi connectivity index (χ3v) is 1.44. The molecule has 1 atom stereocenters. The van der Waals surface area contributed by atoms with E-state index in [4.69, 9.17) is 11.5 Å². The molecule has 0 unspecified atom stereocenters. The van der Waals surface area contributed by atoms with Crippen LogP contribution in [0, 0.1) is 0 Å². The highest BCUT2D eigenvalue weighted by molar-refractivity contribution is 5.85. The van der Waals surface area contributed by atoms with Crippen molar-refractivity contribution in [1.82, 2.24) is 4.98 Å². The monoisotopic (exact) mass is 191 g/mol. The molecule has 3 nitrogen and oxygen atoms in total. The topological polar surface area (TPSA) is 64.9 Å². The lowest BCUT2D eigenvalue weighted by Crippen LogP contribution is -2.14. The average molecular weight is 192 g/mol. The highest BCUT2D eigenvalue weighted by Gasteiger charge is 2.08. The van der Waals surface area contributed by atoms with Crippen LogP contribution in [0.1, 0.15) is 11.6 Å². The van der Waals surface area contributed by atoms with Crippen molar-refractivity contribution in [3.8, 4) is 0 Å². The van der Waals surface area contributed by atoms with Crippen LogP contribution in [0.4, 0.5) is 10.2 Å². The van der Waals surface area contributed by atoms with Gasteiger partial charge < -0.3 is 11.5 Å². The minimum atomic E-state index is -0.649. The minimum absolute atomic E-state index is 0. The summed E-state index contributed by atoms with van der Waals surface area (Å²) >= 11 is 0. The summed E-state index contributed by atoms with van der Waals surface area (Å²) in [5.74, 6) is 0.303. The van der Waals surface area contributed by atoms with Gasteiger partial charge in [0.25, 0.3) is 0 Å². The zero-order valence-electron chi connectivity index (χ0n) is 6.40. The number of rotatable bonds is 2. The van der Waals surface area contributed by atoms with Gasteiger partial charge in [-0.1, -0.05) is 6.07 Å². The van der Waals surface area contributed by atoms with Crippen LogP contribution in [0.5, 0.6) is 0 Å². The number of hydrogen-bond donors (Lipinski definition) is 2. The normalized spacial score (nSPS) is 11.8. The summed E-state index contributed by atoms with van der Waals surface area (Å²) in [7, 11) is 0. The van der Waals surface area contributed by atoms with Crippen molar-refractivity contribution in [3.05, 3.63) is 23.9 Å². The van der Waals surface area contributed by atoms with Crippen LogP contribution in [-0.4, -0.2) is 11.7 Å². The second kappa shape index (κ2) is 4.90. The number of aromatic nitrogens is 1. The van der Waals surface area contributed by atoms with Gasteiger partial charge in [0, 0.05) is 11.8 Å². The van der Waals surface area contributed by atoms with E-state index in [9.17, 15) is 4.39 Å². The van der Waals surface area contributed by atoms with E-state index in [1.54, 1.807) is 18.3 Å². The van der Waals surface area contributed by atoms with E-state index in [2.05, 4.69) is 4.98 Å². The zero-order valence-corrected chi connectivity index (χ0v) is 7.22. The van der Waals surface area contributed by atoms with Crippen LogP contribution in [0.25, 0.3) is 0 Å². The van der Waals surface area contributed by atoms with Crippen LogP contribution < -0.4 is 11.5 Å². The summed E-state index contributed by atoms with van der Waals surface area (Å²) < 4.78 is 12.0. The van der Waals surface area contributed by atoms with Gasteiger partial charge in [0.2, 0.25) is 0 Å². The smallest absolute Gasteiger partial charge is 0.128 e. The summed E-state index contributed by atoms with van der Waals surface area (Å²) in [5, 5.41) is 0. The maximum absolute atomic E-state index is 12.0. The highest BCUT2D eigenvalue weighted by Crippen LogP contribution is 2.15. The molecule has 0 aliphatic carbocycles. The highest BCUT2D eigenvalue weighted by atomic mass is 35.5. The van der Waals surface area contributed by atoms with Gasteiger partial charge in [-0.25, -0.2) is 9.37 Å². The Morgan fingerprint density at radius 3 is 2.75 bits per heavy atom. The van der Waals surface area contributed by atoms with Crippen LogP contribution in [0.15, 0.2) is 18.3 Å². The van der Waals surface area contributed by atoms with Gasteiger partial charge in [-0.05, 0) is 6.07 Å². The number of pyridine rings is 1. The fourth-order valence-electron chi connectivity index (χ4n) is 0.827. The average Bonchev–Trinajstić information content (AvgIpc) is 2.04. The van der Waals surface area contributed by atoms with Gasteiger partial charge in [-0.15, -0.1) is 12.4 Å². The van der Waals surface area contributed by atoms with Gasteiger partial charge in [-0.2, -0.15) is 0 Å². The molecule has 0 bridgehead atoms. The number of nitrogen functional groups attached to an aromatic ring is 1. The fourth-order valence-corrected chi connectivity index (χ4v) is 0.827. The molecule has 0 aromatic carbocycles. The summed E-state index contributed by atoms with van der Waals surface area (Å²) in [6.45, 7) is -0.615. The Kier molecular flexibility index (Phi) is 4.54. The lowest BCUT2D eigenvalue weighted by molar-refractivity contribution is 0.437. The predicted octanol–water partition coefficient (Wildman–Crippen LogP) is 1.05. The number of nitrogens with two attached hydrogens (primary N) is 2. The second-order valence-corrected chi connectivity index (χ2v) is 2.24. The van der Waals surface area contributed by atoms with Crippen molar-refractivity contribution in [2.24, 2.45) is 5.73 Å². The maximum Gasteiger partial charge on any atom is 0.128 e. The Balaban J connectivity index is 0.00000121. The molecule has 68 valence electrons. The van der Waals surface area contributed by atoms with Gasteiger partial charge in [0.15, 0.2) is 0 Å². The second-order valence-electron chi connectivity index (χ2n) is 2.24. The summed E-state index contributed by atoms with van der Waals surface area (Å²) in [4.78, 5) is 3.78. The van der Waals surface area contributed by atoms with Crippen molar-refractivity contribution < 1.29 is 4.39 Å². The molecule has 5 heteroatoms. The largest absolute Gasteiger partial charge is 0.383 e. The lowest BCUT2D eigenvalue weighted by atomic mass is 10.1. The molecule has 1 heterocycles. The zero-order chi connectivity index (χ0) is 8.27. The molecule has 1 rings (SSSR count). The Morgan fingerprint density at radius 1 is 1.58 bits per heavy atom. The Labute approximate surface area is 76.4 Å². The first-order valence-electron chi connectivity index (χ1n) is 3.27. The molecule has 0 aliphatic heterocycles. The van der Waals surface area contributed by atoms with E-state index < -0.39 is 12.7 Å². The fraction of sp³-hybridized carbons (Fsp3) is 0.286. The van der Waals surface area contributed by atoms with Gasteiger partial charge in [-0.3, -0.25) is 0 Å². The van der Waals surface area contributed by atoms with Gasteiger partial charge in [0.05, 0.1) is 6.04 Å². The van der Waals surface area contributed by atoms with Gasteiger partial charge in [0.1, 0.15) is 12.5 Å². The minimum Gasteiger partial charge on any atom is -0.383 e. The molecular weight excluding hydrogens is 181 g/mol. The van der Waals surface area contributed by atoms with Crippen molar-refractivity contribution in [1.29, 1.82) is 0 Å².